The number of benzene rings is 1. The van der Waals surface area contributed by atoms with Crippen molar-refractivity contribution >= 4 is 11.8 Å². The van der Waals surface area contributed by atoms with E-state index in [9.17, 15) is 19.8 Å². The molecule has 1 radical (unpaired) electrons. The molecule has 1 aromatic rings. The first-order chi connectivity index (χ1) is 9.50. The third kappa shape index (κ3) is 2.97. The van der Waals surface area contributed by atoms with Gasteiger partial charge in [0.15, 0.2) is 0 Å². The number of nitrogens with two attached hydrogens (primary N) is 1. The minimum Gasteiger partial charge on any atom is -0.388 e. The zero-order valence-corrected chi connectivity index (χ0v) is 10.8. The summed E-state index contributed by atoms with van der Waals surface area (Å²) < 4.78 is 0. The maximum atomic E-state index is 12.1. The highest BCUT2D eigenvalue weighted by molar-refractivity contribution is 5.92. The molecule has 1 aliphatic rings. The fourth-order valence-corrected chi connectivity index (χ4v) is 2.30. The number of rotatable bonds is 4. The fraction of sp³-hybridized carbons (Fsp3) is 0.357. The van der Waals surface area contributed by atoms with Gasteiger partial charge in [0.05, 0.1) is 19.1 Å². The van der Waals surface area contributed by atoms with Crippen molar-refractivity contribution in [1.82, 2.24) is 4.90 Å². The van der Waals surface area contributed by atoms with Crippen LogP contribution in [-0.2, 0) is 16.0 Å². The van der Waals surface area contributed by atoms with Crippen LogP contribution in [0.3, 0.4) is 0 Å². The van der Waals surface area contributed by atoms with Gasteiger partial charge >= 0.3 is 0 Å². The van der Waals surface area contributed by atoms with Gasteiger partial charge in [-0.05, 0) is 12.0 Å². The van der Waals surface area contributed by atoms with E-state index in [2.05, 4.69) is 0 Å². The Morgan fingerprint density at radius 1 is 1.30 bits per heavy atom. The van der Waals surface area contributed by atoms with E-state index in [4.69, 9.17) is 5.73 Å². The average Bonchev–Trinajstić information content (AvgIpc) is 2.73. The highest BCUT2D eigenvalue weighted by Gasteiger charge is 2.45. The van der Waals surface area contributed by atoms with E-state index in [1.807, 2.05) is 30.3 Å². The number of primary amides is 1. The number of amides is 2. The van der Waals surface area contributed by atoms with Crippen molar-refractivity contribution in [2.45, 2.75) is 24.7 Å². The van der Waals surface area contributed by atoms with Crippen molar-refractivity contribution in [2.24, 2.45) is 5.73 Å². The number of β-amino-alcohol motifs (C(OH)–C–C–N with tert-alkyl or cyclic N) is 1. The van der Waals surface area contributed by atoms with Gasteiger partial charge in [0.1, 0.15) is 12.1 Å². The molecular weight excluding hydrogens is 260 g/mol. The smallest absolute Gasteiger partial charge is 0.243 e. The molecule has 107 valence electrons. The third-order valence-corrected chi connectivity index (χ3v) is 3.37. The zero-order valence-electron chi connectivity index (χ0n) is 10.8. The summed E-state index contributed by atoms with van der Waals surface area (Å²) in [6.45, 7) is -0.0983. The standard InChI is InChI=1S/C14H17N2O4/c15-14(20)12-13(19)10(17)8-16(12)11(18)7-6-9-4-2-1-3-5-9/h1-5,7,10,12-13,17,19H,6,8H2,(H2,15,20)/t10-,12?,13-/m0/s1. The van der Waals surface area contributed by atoms with E-state index in [-0.39, 0.29) is 6.54 Å². The first kappa shape index (κ1) is 14.5. The summed E-state index contributed by atoms with van der Waals surface area (Å²) in [5, 5.41) is 19.2. The van der Waals surface area contributed by atoms with Crippen LogP contribution in [0.25, 0.3) is 0 Å². The van der Waals surface area contributed by atoms with Gasteiger partial charge in [0.25, 0.3) is 0 Å². The first-order valence-corrected chi connectivity index (χ1v) is 6.34. The second-order valence-corrected chi connectivity index (χ2v) is 4.79. The monoisotopic (exact) mass is 277 g/mol. The van der Waals surface area contributed by atoms with Crippen LogP contribution < -0.4 is 5.73 Å². The topological polar surface area (TPSA) is 104 Å². The molecule has 1 saturated heterocycles. The molecule has 1 unspecified atom stereocenters. The summed E-state index contributed by atoms with van der Waals surface area (Å²) in [6, 6.07) is 8.18. The molecule has 4 N–H and O–H groups in total. The highest BCUT2D eigenvalue weighted by atomic mass is 16.3. The summed E-state index contributed by atoms with van der Waals surface area (Å²) in [5.41, 5.74) is 6.12. The van der Waals surface area contributed by atoms with Crippen LogP contribution in [-0.4, -0.2) is 51.7 Å². The Bertz CT molecular complexity index is 491. The van der Waals surface area contributed by atoms with Crippen LogP contribution in [0.2, 0.25) is 0 Å². The van der Waals surface area contributed by atoms with E-state index in [0.29, 0.717) is 6.42 Å². The Morgan fingerprint density at radius 3 is 2.55 bits per heavy atom. The predicted molar refractivity (Wildman–Crippen MR) is 71.2 cm³/mol. The summed E-state index contributed by atoms with van der Waals surface area (Å²) in [6.07, 6.45) is -0.660. The number of hydrogen-bond acceptors (Lipinski definition) is 4. The second-order valence-electron chi connectivity index (χ2n) is 4.79. The Balaban J connectivity index is 1.99. The van der Waals surface area contributed by atoms with E-state index in [0.717, 1.165) is 10.5 Å². The molecule has 6 nitrogen and oxygen atoms in total. The third-order valence-electron chi connectivity index (χ3n) is 3.37. The molecule has 0 saturated carbocycles. The molecule has 6 heteroatoms. The molecular formula is C14H17N2O4. The van der Waals surface area contributed by atoms with E-state index in [1.54, 1.807) is 0 Å². The van der Waals surface area contributed by atoms with Gasteiger partial charge in [-0.1, -0.05) is 30.3 Å². The molecule has 2 rings (SSSR count). The number of likely N-dealkylation sites (tertiary alicyclic amines) is 1. The second kappa shape index (κ2) is 6.02. The fourth-order valence-electron chi connectivity index (χ4n) is 2.30. The molecule has 20 heavy (non-hydrogen) atoms. The van der Waals surface area contributed by atoms with Crippen molar-refractivity contribution in [1.29, 1.82) is 0 Å². The lowest BCUT2D eigenvalue weighted by Crippen LogP contribution is -2.48. The van der Waals surface area contributed by atoms with Crippen molar-refractivity contribution in [3.63, 3.8) is 0 Å². The van der Waals surface area contributed by atoms with Gasteiger partial charge in [-0.25, -0.2) is 0 Å². The summed E-state index contributed by atoms with van der Waals surface area (Å²) in [5.74, 6) is -1.25. The summed E-state index contributed by atoms with van der Waals surface area (Å²) in [4.78, 5) is 24.5. The quantitative estimate of drug-likeness (QED) is 0.646. The van der Waals surface area contributed by atoms with Gasteiger partial charge in [0.2, 0.25) is 11.8 Å². The van der Waals surface area contributed by atoms with Crippen LogP contribution >= 0.6 is 0 Å². The Labute approximate surface area is 116 Å². The van der Waals surface area contributed by atoms with Crippen LogP contribution in [0.1, 0.15) is 5.56 Å². The van der Waals surface area contributed by atoms with Gasteiger partial charge in [-0.2, -0.15) is 0 Å². The summed E-state index contributed by atoms with van der Waals surface area (Å²) in [7, 11) is 0. The highest BCUT2D eigenvalue weighted by Crippen LogP contribution is 2.20. The largest absolute Gasteiger partial charge is 0.388 e. The zero-order chi connectivity index (χ0) is 14.7. The van der Waals surface area contributed by atoms with E-state index in [1.165, 1.54) is 6.42 Å². The molecule has 1 aromatic carbocycles. The molecule has 1 heterocycles. The summed E-state index contributed by atoms with van der Waals surface area (Å²) >= 11 is 0. The average molecular weight is 277 g/mol. The number of aliphatic hydroxyl groups is 2. The number of aliphatic hydroxyl groups excluding tert-OH is 2. The maximum Gasteiger partial charge on any atom is 0.243 e. The predicted octanol–water partition coefficient (Wildman–Crippen LogP) is -1.15. The Hall–Kier alpha value is -1.92. The van der Waals surface area contributed by atoms with Gasteiger partial charge in [-0.3, -0.25) is 9.59 Å². The molecule has 1 fully saturated rings. The molecule has 0 aromatic heterocycles. The van der Waals surface area contributed by atoms with Gasteiger partial charge in [0, 0.05) is 0 Å². The number of nitrogens with zero attached hydrogens (tertiary/aromatic N) is 1. The number of carbonyl (C=O) groups excluding carboxylic acids is 2. The lowest BCUT2D eigenvalue weighted by molar-refractivity contribution is -0.136. The normalized spacial score (nSPS) is 25.7. The molecule has 2 amide bonds. The van der Waals surface area contributed by atoms with Crippen LogP contribution in [0.15, 0.2) is 30.3 Å². The number of hydrogen-bond donors (Lipinski definition) is 3. The van der Waals surface area contributed by atoms with Crippen molar-refractivity contribution in [3.05, 3.63) is 42.3 Å². The van der Waals surface area contributed by atoms with Gasteiger partial charge < -0.3 is 20.8 Å². The molecule has 0 spiro atoms. The van der Waals surface area contributed by atoms with Crippen LogP contribution in [0, 0.1) is 6.42 Å². The lowest BCUT2D eigenvalue weighted by Gasteiger charge is -2.22. The molecule has 1 aliphatic heterocycles. The minimum atomic E-state index is -1.33. The van der Waals surface area contributed by atoms with Crippen LogP contribution in [0.5, 0.6) is 0 Å². The van der Waals surface area contributed by atoms with Crippen LogP contribution in [0.4, 0.5) is 0 Å². The van der Waals surface area contributed by atoms with Crippen molar-refractivity contribution in [3.8, 4) is 0 Å². The molecule has 0 bridgehead atoms. The Morgan fingerprint density at radius 2 is 1.95 bits per heavy atom. The van der Waals surface area contributed by atoms with E-state index < -0.39 is 30.1 Å². The maximum absolute atomic E-state index is 12.1. The molecule has 3 atom stereocenters. The van der Waals surface area contributed by atoms with E-state index >= 15 is 0 Å². The van der Waals surface area contributed by atoms with Crippen molar-refractivity contribution < 1.29 is 19.8 Å². The lowest BCUT2D eigenvalue weighted by atomic mass is 10.1. The minimum absolute atomic E-state index is 0.0983. The molecule has 0 aliphatic carbocycles. The number of carbonyl (C=O) groups is 2. The van der Waals surface area contributed by atoms with Crippen molar-refractivity contribution in [2.75, 3.05) is 6.54 Å². The SMILES string of the molecule is NC(=O)C1[C@@H](O)[C@@H](O)CN1C(=O)[CH]Cc1ccccc1. The first-order valence-electron chi connectivity index (χ1n) is 6.34. The Kier molecular flexibility index (Phi) is 4.36. The van der Waals surface area contributed by atoms with Gasteiger partial charge in [-0.15, -0.1) is 0 Å².